The molecule has 0 rings (SSSR count). The van der Waals surface area contributed by atoms with Crippen molar-refractivity contribution in [2.45, 2.75) is 0 Å². The topological polar surface area (TPSA) is 12.0 Å². The maximum atomic E-state index is 3.66. The first kappa shape index (κ1) is 25.4. The Morgan fingerprint density at radius 2 is 1.46 bits per heavy atom. The predicted molar refractivity (Wildman–Crippen MR) is 146 cm³/mol. The van der Waals surface area contributed by atoms with Crippen LogP contribution in [0.3, 0.4) is 0 Å². The molecular weight excluding hydrogens is 442 g/mol. The Hall–Kier alpha value is 1.42. The van der Waals surface area contributed by atoms with Crippen LogP contribution in [0.5, 0.6) is 0 Å². The van der Waals surface area contributed by atoms with Crippen LogP contribution in [-0.2, 0) is 0 Å². The first-order chi connectivity index (χ1) is 11.3. The number of allylic oxidation sites excluding steroid dienone is 9. The second-order valence-electron chi connectivity index (χ2n) is 4.71. The highest BCUT2D eigenvalue weighted by atomic mass is 32.8. The summed E-state index contributed by atoms with van der Waals surface area (Å²) in [6.07, 6.45) is 17.2. The van der Waals surface area contributed by atoms with Crippen LogP contribution in [0.2, 0.25) is 0 Å². The predicted octanol–water partition coefficient (Wildman–Crippen LogP) is 7.03. The van der Waals surface area contributed by atoms with E-state index in [2.05, 4.69) is 91.9 Å². The van der Waals surface area contributed by atoms with Crippen LogP contribution < -0.4 is 5.32 Å². The molecule has 6 atom stereocenters. The minimum absolute atomic E-state index is 0.232. The lowest BCUT2D eigenvalue weighted by Gasteiger charge is -2.25. The van der Waals surface area contributed by atoms with Gasteiger partial charge in [0.1, 0.15) is 0 Å². The van der Waals surface area contributed by atoms with E-state index in [-0.39, 0.29) is 6.99 Å². The average Bonchev–Trinajstić information content (AvgIpc) is 2.50. The maximum absolute atomic E-state index is 3.66. The maximum Gasteiger partial charge on any atom is 0.00277 e. The van der Waals surface area contributed by atoms with Crippen molar-refractivity contribution < 1.29 is 0 Å². The van der Waals surface area contributed by atoms with Gasteiger partial charge in [0.25, 0.3) is 0 Å². The molecule has 9 heteroatoms. The quantitative estimate of drug-likeness (QED) is 0.281. The first-order valence-electron chi connectivity index (χ1n) is 7.05. The van der Waals surface area contributed by atoms with Crippen LogP contribution in [-0.4, -0.2) is 18.4 Å². The van der Waals surface area contributed by atoms with Crippen molar-refractivity contribution in [2.24, 2.45) is 0 Å². The Morgan fingerprint density at radius 1 is 0.875 bits per heavy atom. The van der Waals surface area contributed by atoms with Gasteiger partial charge in [-0.15, -0.1) is 44.6 Å². The van der Waals surface area contributed by atoms with E-state index < -0.39 is 12.5 Å². The number of nitrogens with one attached hydrogen (secondary N) is 1. The van der Waals surface area contributed by atoms with Crippen LogP contribution in [0.4, 0.5) is 0 Å². The van der Waals surface area contributed by atoms with Crippen molar-refractivity contribution in [1.82, 2.24) is 5.32 Å². The summed E-state index contributed by atoms with van der Waals surface area (Å²) in [6.45, 7) is 3.43. The molecule has 0 aromatic heterocycles. The molecule has 6 unspecified atom stereocenters. The summed E-state index contributed by atoms with van der Waals surface area (Å²) in [5.74, 6) is 4.63. The average molecular weight is 471 g/mol. The van der Waals surface area contributed by atoms with Crippen molar-refractivity contribution >= 4 is 75.5 Å². The molecule has 0 aliphatic rings. The summed E-state index contributed by atoms with van der Waals surface area (Å²) >= 11 is 0. The van der Waals surface area contributed by atoms with Gasteiger partial charge in [-0.3, -0.25) is 0 Å². The van der Waals surface area contributed by atoms with Gasteiger partial charge in [0.15, 0.2) is 0 Å². The summed E-state index contributed by atoms with van der Waals surface area (Å²) in [6, 6.07) is 0. The highest BCUT2D eigenvalue weighted by molar-refractivity contribution is 8.88. The fourth-order valence-electron chi connectivity index (χ4n) is 1.41. The largest absolute Gasteiger partial charge is 0.394 e. The summed E-state index contributed by atoms with van der Waals surface area (Å²) in [5.41, 5.74) is 2.53. The molecule has 134 valence electrons. The molecule has 24 heavy (non-hydrogen) atoms. The van der Waals surface area contributed by atoms with Gasteiger partial charge in [0.2, 0.25) is 0 Å². The first-order valence-corrected chi connectivity index (χ1v) is 21.0. The molecule has 0 saturated carbocycles. The van der Waals surface area contributed by atoms with Gasteiger partial charge in [-0.25, -0.2) is 0 Å². The molecule has 0 amide bonds. The van der Waals surface area contributed by atoms with Crippen LogP contribution >= 0.6 is 64.2 Å². The van der Waals surface area contributed by atoms with Crippen LogP contribution in [0.25, 0.3) is 0 Å². The van der Waals surface area contributed by atoms with E-state index in [1.165, 1.54) is 0 Å². The summed E-state index contributed by atoms with van der Waals surface area (Å²) in [7, 11) is 17.0. The van der Waals surface area contributed by atoms with Gasteiger partial charge in [-0.1, -0.05) is 73.1 Å². The highest BCUT2D eigenvalue weighted by Gasteiger charge is 2.15. The molecular formula is C15H29NP8. The smallest absolute Gasteiger partial charge is 0.00277 e. The van der Waals surface area contributed by atoms with Crippen molar-refractivity contribution in [3.05, 3.63) is 73.3 Å². The third kappa shape index (κ3) is 12.7. The molecule has 0 aromatic rings. The van der Waals surface area contributed by atoms with Crippen LogP contribution in [0.1, 0.15) is 0 Å². The standard InChI is InChI=1S/C15H29NP8/c1-3-4-5-6-7-11-14-24(21,22(17)18)15-23(19,20)13-10-8-9-12-16-2/h3-16H,1,17-21H2,2H3. The third-order valence-electron chi connectivity index (χ3n) is 2.52. The minimum Gasteiger partial charge on any atom is -0.394 e. The van der Waals surface area contributed by atoms with Crippen molar-refractivity contribution in [1.29, 1.82) is 0 Å². The van der Waals surface area contributed by atoms with E-state index in [9.17, 15) is 0 Å². The van der Waals surface area contributed by atoms with Crippen LogP contribution in [0.15, 0.2) is 73.3 Å². The van der Waals surface area contributed by atoms with E-state index in [1.54, 1.807) is 6.08 Å². The SMILES string of the molecule is C=CC=CC=CC=CP(P)(=CP(P)(P)=CC=CC=CNC)P(P)P. The second-order valence-corrected chi connectivity index (χ2v) is 32.6. The van der Waals surface area contributed by atoms with Gasteiger partial charge in [-0.2, -0.15) is 0 Å². The monoisotopic (exact) mass is 471 g/mol. The Bertz CT molecular complexity index is 632. The molecule has 0 spiro atoms. The van der Waals surface area contributed by atoms with E-state index in [4.69, 9.17) is 0 Å². The lowest BCUT2D eigenvalue weighted by atomic mass is 10.4. The fourth-order valence-corrected chi connectivity index (χ4v) is 25.7. The summed E-state index contributed by atoms with van der Waals surface area (Å²) < 4.78 is 0. The zero-order chi connectivity index (χ0) is 18.5. The van der Waals surface area contributed by atoms with Gasteiger partial charge in [0, 0.05) is 7.05 Å². The van der Waals surface area contributed by atoms with Crippen molar-refractivity contribution in [2.75, 3.05) is 7.05 Å². The van der Waals surface area contributed by atoms with E-state index in [1.807, 2.05) is 43.6 Å². The number of rotatable bonds is 9. The Kier molecular flexibility index (Phi) is 15.3. The normalized spacial score (nSPS) is 16.0. The van der Waals surface area contributed by atoms with Crippen LogP contribution in [0, 0.1) is 0 Å². The zero-order valence-corrected chi connectivity index (χ0v) is 22.4. The molecule has 0 heterocycles. The Morgan fingerprint density at radius 3 is 2.04 bits per heavy atom. The Balaban J connectivity index is 5.45. The molecule has 0 radical (unpaired) electrons. The Labute approximate surface area is 160 Å². The van der Waals surface area contributed by atoms with Gasteiger partial charge in [0.05, 0.1) is 0 Å². The van der Waals surface area contributed by atoms with Gasteiger partial charge in [-0.05, 0) is 31.1 Å². The zero-order valence-electron chi connectivity index (χ0n) is 13.9. The molecule has 0 aliphatic carbocycles. The van der Waals surface area contributed by atoms with Gasteiger partial charge < -0.3 is 5.32 Å². The molecule has 0 bridgehead atoms. The molecule has 0 aliphatic heterocycles. The van der Waals surface area contributed by atoms with Gasteiger partial charge >= 0.3 is 0 Å². The highest BCUT2D eigenvalue weighted by Crippen LogP contribution is 2.92. The molecule has 1 nitrogen and oxygen atoms in total. The molecule has 0 aromatic carbocycles. The van der Waals surface area contributed by atoms with E-state index in [0.29, 0.717) is 0 Å². The molecule has 0 fully saturated rings. The molecule has 1 N–H and O–H groups in total. The number of hydrogen-bond acceptors (Lipinski definition) is 1. The third-order valence-corrected chi connectivity index (χ3v) is 31.0. The van der Waals surface area contributed by atoms with Crippen molar-refractivity contribution in [3.63, 3.8) is 0 Å². The number of hydrogen-bond donors (Lipinski definition) is 1. The summed E-state index contributed by atoms with van der Waals surface area (Å²) in [5, 5.41) is 2.98. The summed E-state index contributed by atoms with van der Waals surface area (Å²) in [4.78, 5) is 0. The van der Waals surface area contributed by atoms with Crippen molar-refractivity contribution in [3.8, 4) is 0 Å². The second kappa shape index (κ2) is 14.5. The fraction of sp³-hybridized carbons (Fsp3) is 0.0667. The lowest BCUT2D eigenvalue weighted by Crippen LogP contribution is -1.89. The molecule has 0 saturated heterocycles. The van der Waals surface area contributed by atoms with E-state index in [0.717, 1.165) is 0 Å². The minimum atomic E-state index is -1.38. The van der Waals surface area contributed by atoms with E-state index >= 15 is 0 Å². The lowest BCUT2D eigenvalue weighted by molar-refractivity contribution is 1.10.